The average Bonchev–Trinajstić information content (AvgIpc) is 2.86. The zero-order chi connectivity index (χ0) is 24.4. The molecule has 0 unspecified atom stereocenters. The van der Waals surface area contributed by atoms with Gasteiger partial charge in [0.15, 0.2) is 0 Å². The molecular weight excluding hydrogens is 464 g/mol. The van der Waals surface area contributed by atoms with E-state index in [9.17, 15) is 14.9 Å². The van der Waals surface area contributed by atoms with Gasteiger partial charge in [0.2, 0.25) is 0 Å². The van der Waals surface area contributed by atoms with Gasteiger partial charge in [0.25, 0.3) is 5.69 Å². The molecule has 0 spiro atoms. The maximum Gasteiger partial charge on any atom is 0.339 e. The fourth-order valence-electron chi connectivity index (χ4n) is 4.45. The van der Waals surface area contributed by atoms with Gasteiger partial charge in [0, 0.05) is 22.5 Å². The van der Waals surface area contributed by atoms with E-state index < -0.39 is 10.9 Å². The van der Waals surface area contributed by atoms with Crippen LogP contribution in [0.15, 0.2) is 72.8 Å². The van der Waals surface area contributed by atoms with Crippen molar-refractivity contribution in [3.05, 3.63) is 116 Å². The van der Waals surface area contributed by atoms with E-state index in [0.717, 1.165) is 51.7 Å². The molecule has 35 heavy (non-hydrogen) atoms. The second-order valence-electron chi connectivity index (χ2n) is 8.41. The van der Waals surface area contributed by atoms with Gasteiger partial charge in [-0.25, -0.2) is 9.78 Å². The highest BCUT2D eigenvalue weighted by molar-refractivity contribution is 6.30. The van der Waals surface area contributed by atoms with Crippen LogP contribution in [0.2, 0.25) is 5.02 Å². The summed E-state index contributed by atoms with van der Waals surface area (Å²) in [6.45, 7) is 0.121. The van der Waals surface area contributed by atoms with Crippen LogP contribution in [0.25, 0.3) is 22.6 Å². The number of benzene rings is 3. The van der Waals surface area contributed by atoms with Crippen LogP contribution in [-0.4, -0.2) is 15.9 Å². The first-order chi connectivity index (χ1) is 17.0. The van der Waals surface area contributed by atoms with E-state index in [2.05, 4.69) is 0 Å². The number of carbonyl (C=O) groups excluding carboxylic acids is 1. The third-order valence-corrected chi connectivity index (χ3v) is 6.31. The van der Waals surface area contributed by atoms with Gasteiger partial charge in [-0.3, -0.25) is 10.1 Å². The van der Waals surface area contributed by atoms with Crippen molar-refractivity contribution in [2.45, 2.75) is 25.9 Å². The molecule has 0 N–H and O–H groups in total. The number of esters is 1. The number of ether oxygens (including phenoxy) is 1. The van der Waals surface area contributed by atoms with E-state index in [1.807, 2.05) is 42.5 Å². The number of nitro benzene ring substituents is 1. The lowest BCUT2D eigenvalue weighted by molar-refractivity contribution is -0.384. The lowest BCUT2D eigenvalue weighted by Crippen LogP contribution is -2.15. The van der Waals surface area contributed by atoms with E-state index in [-0.39, 0.29) is 12.3 Å². The minimum absolute atomic E-state index is 0.0463. The molecule has 174 valence electrons. The third kappa shape index (κ3) is 4.79. The normalized spacial score (nSPS) is 14.0. The van der Waals surface area contributed by atoms with Gasteiger partial charge >= 0.3 is 5.97 Å². The number of nitrogens with zero attached hydrogens (tertiary/aromatic N) is 2. The Hall–Kier alpha value is -4.03. The van der Waals surface area contributed by atoms with Gasteiger partial charge in [-0.05, 0) is 77.9 Å². The molecule has 4 aromatic rings. The second kappa shape index (κ2) is 9.68. The number of hydrogen-bond donors (Lipinski definition) is 0. The Balaban J connectivity index is 1.55. The van der Waals surface area contributed by atoms with Crippen molar-refractivity contribution in [3.8, 4) is 0 Å². The summed E-state index contributed by atoms with van der Waals surface area (Å²) in [4.78, 5) is 28.9. The molecule has 0 fully saturated rings. The summed E-state index contributed by atoms with van der Waals surface area (Å²) in [7, 11) is 0. The molecule has 0 saturated carbocycles. The van der Waals surface area contributed by atoms with Crippen molar-refractivity contribution in [1.29, 1.82) is 0 Å². The number of hydrogen-bond acceptors (Lipinski definition) is 5. The zero-order valence-corrected chi connectivity index (χ0v) is 19.5. The SMILES string of the molecule is O=C(OCc1cccc(Cl)c1)c1c2c(nc3ccccc13)C(=Cc1ccc([N+](=O)[O-])cc1)CCC2. The number of aromatic nitrogens is 1. The average molecular weight is 485 g/mol. The highest BCUT2D eigenvalue weighted by Crippen LogP contribution is 2.36. The number of nitro groups is 1. The molecule has 1 heterocycles. The Morgan fingerprint density at radius 2 is 1.86 bits per heavy atom. The Bertz CT molecular complexity index is 1480. The number of pyridine rings is 1. The van der Waals surface area contributed by atoms with Crippen molar-refractivity contribution < 1.29 is 14.5 Å². The molecular formula is C28H21ClN2O4. The minimum Gasteiger partial charge on any atom is -0.457 e. The highest BCUT2D eigenvalue weighted by atomic mass is 35.5. The van der Waals surface area contributed by atoms with Crippen molar-refractivity contribution in [2.75, 3.05) is 0 Å². The molecule has 3 aromatic carbocycles. The van der Waals surface area contributed by atoms with Crippen LogP contribution >= 0.6 is 11.6 Å². The number of para-hydroxylation sites is 1. The van der Waals surface area contributed by atoms with Crippen molar-refractivity contribution in [2.24, 2.45) is 0 Å². The third-order valence-electron chi connectivity index (χ3n) is 6.08. The summed E-state index contributed by atoms with van der Waals surface area (Å²) in [5.41, 5.74) is 5.62. The largest absolute Gasteiger partial charge is 0.457 e. The van der Waals surface area contributed by atoms with Crippen LogP contribution in [0.4, 0.5) is 5.69 Å². The first kappa shape index (κ1) is 22.7. The molecule has 6 nitrogen and oxygen atoms in total. The lowest BCUT2D eigenvalue weighted by atomic mass is 9.86. The smallest absolute Gasteiger partial charge is 0.339 e. The van der Waals surface area contributed by atoms with Crippen LogP contribution in [0.5, 0.6) is 0 Å². The molecule has 0 amide bonds. The van der Waals surface area contributed by atoms with Crippen LogP contribution in [0.1, 0.15) is 45.6 Å². The molecule has 0 atom stereocenters. The summed E-state index contributed by atoms with van der Waals surface area (Å²) < 4.78 is 5.72. The topological polar surface area (TPSA) is 82.3 Å². The van der Waals surface area contributed by atoms with Crippen molar-refractivity contribution in [1.82, 2.24) is 4.98 Å². The predicted octanol–water partition coefficient (Wildman–Crippen LogP) is 7.03. The second-order valence-corrected chi connectivity index (χ2v) is 8.85. The standard InChI is InChI=1S/C28H21ClN2O4/c29-21-7-3-5-19(16-21)17-35-28(32)26-23-8-1-2-10-25(23)30-27-20(6-4-9-24(26)27)15-18-11-13-22(14-12-18)31(33)34/h1-3,5,7-8,10-16H,4,6,9,17H2. The summed E-state index contributed by atoms with van der Waals surface area (Å²) in [5, 5.41) is 12.3. The first-order valence-corrected chi connectivity index (χ1v) is 11.7. The first-order valence-electron chi connectivity index (χ1n) is 11.3. The van der Waals surface area contributed by atoms with E-state index in [1.54, 1.807) is 24.3 Å². The number of non-ortho nitro benzene ring substituents is 1. The Kier molecular flexibility index (Phi) is 6.29. The van der Waals surface area contributed by atoms with Crippen LogP contribution in [0.3, 0.4) is 0 Å². The maximum atomic E-state index is 13.4. The van der Waals surface area contributed by atoms with Crippen LogP contribution in [-0.2, 0) is 17.8 Å². The fourth-order valence-corrected chi connectivity index (χ4v) is 4.66. The molecule has 1 aromatic heterocycles. The molecule has 0 bridgehead atoms. The molecule has 1 aliphatic rings. The number of allylic oxidation sites excluding steroid dienone is 1. The summed E-state index contributed by atoms with van der Waals surface area (Å²) in [6, 6.07) is 21.2. The van der Waals surface area contributed by atoms with E-state index in [4.69, 9.17) is 21.3 Å². The summed E-state index contributed by atoms with van der Waals surface area (Å²) >= 11 is 6.07. The molecule has 0 aliphatic heterocycles. The van der Waals surface area contributed by atoms with Gasteiger partial charge in [-0.15, -0.1) is 0 Å². The van der Waals surface area contributed by atoms with Gasteiger partial charge in [-0.1, -0.05) is 41.9 Å². The van der Waals surface area contributed by atoms with Gasteiger partial charge < -0.3 is 4.74 Å². The summed E-state index contributed by atoms with van der Waals surface area (Å²) in [6.07, 6.45) is 4.36. The van der Waals surface area contributed by atoms with Gasteiger partial charge in [-0.2, -0.15) is 0 Å². The molecule has 7 heteroatoms. The summed E-state index contributed by atoms with van der Waals surface area (Å²) in [5.74, 6) is -0.392. The van der Waals surface area contributed by atoms with Crippen molar-refractivity contribution >= 4 is 45.8 Å². The maximum absolute atomic E-state index is 13.4. The predicted molar refractivity (Wildman–Crippen MR) is 136 cm³/mol. The number of rotatable bonds is 5. The van der Waals surface area contributed by atoms with E-state index >= 15 is 0 Å². The fraction of sp³-hybridized carbons (Fsp3) is 0.143. The minimum atomic E-state index is -0.415. The molecule has 0 saturated heterocycles. The highest BCUT2D eigenvalue weighted by Gasteiger charge is 2.26. The van der Waals surface area contributed by atoms with E-state index in [1.165, 1.54) is 12.1 Å². The molecule has 1 aliphatic carbocycles. The van der Waals surface area contributed by atoms with Crippen molar-refractivity contribution in [3.63, 3.8) is 0 Å². The van der Waals surface area contributed by atoms with Gasteiger partial charge in [0.1, 0.15) is 6.61 Å². The van der Waals surface area contributed by atoms with Crippen LogP contribution in [0, 0.1) is 10.1 Å². The zero-order valence-electron chi connectivity index (χ0n) is 18.7. The Morgan fingerprint density at radius 3 is 2.63 bits per heavy atom. The van der Waals surface area contributed by atoms with Gasteiger partial charge in [0.05, 0.1) is 21.7 Å². The number of fused-ring (bicyclic) bond motifs is 2. The number of halogens is 1. The Labute approximate surface area is 207 Å². The lowest BCUT2D eigenvalue weighted by Gasteiger charge is -2.22. The quantitative estimate of drug-likeness (QED) is 0.172. The van der Waals surface area contributed by atoms with E-state index in [0.29, 0.717) is 17.0 Å². The monoisotopic (exact) mass is 484 g/mol. The van der Waals surface area contributed by atoms with Crippen LogP contribution < -0.4 is 0 Å². The molecule has 0 radical (unpaired) electrons. The molecule has 5 rings (SSSR count). The number of carbonyl (C=O) groups is 1. The Morgan fingerprint density at radius 1 is 1.06 bits per heavy atom.